The molecule has 2 aliphatic heterocycles. The first-order valence-corrected chi connectivity index (χ1v) is 10.5. The van der Waals surface area contributed by atoms with E-state index < -0.39 is 11.6 Å². The standard InChI is InChI=1S/C23H26ClN3O4/c1-14-11-18-16(12-17(14)24)23(22(29)25-18,15-7-5-6-8-20(15)30-4)27-9-10-31-13-19(27)21(28)26(2)3/h5-8,11-12,19H,9-10,13H2,1-4H3,(H,25,29)/t19-,23?/m0/s1. The number of carbonyl (C=O) groups is 2. The number of para-hydroxylation sites is 1. The van der Waals surface area contributed by atoms with Gasteiger partial charge in [-0.2, -0.15) is 0 Å². The molecule has 1 unspecified atom stereocenters. The minimum absolute atomic E-state index is 0.131. The third kappa shape index (κ3) is 3.28. The lowest BCUT2D eigenvalue weighted by atomic mass is 9.79. The van der Waals surface area contributed by atoms with Crippen LogP contribution in [-0.4, -0.2) is 68.6 Å². The number of nitrogens with zero attached hydrogens (tertiary/aromatic N) is 2. The van der Waals surface area contributed by atoms with Crippen molar-refractivity contribution in [1.29, 1.82) is 0 Å². The van der Waals surface area contributed by atoms with Crippen LogP contribution in [0.5, 0.6) is 5.75 Å². The zero-order valence-corrected chi connectivity index (χ0v) is 18.8. The van der Waals surface area contributed by atoms with Crippen LogP contribution in [0.1, 0.15) is 16.7 Å². The summed E-state index contributed by atoms with van der Waals surface area (Å²) in [6, 6.07) is 10.5. The Labute approximate surface area is 186 Å². The molecule has 2 atom stereocenters. The van der Waals surface area contributed by atoms with Crippen molar-refractivity contribution in [3.05, 3.63) is 58.1 Å². The second kappa shape index (κ2) is 8.15. The van der Waals surface area contributed by atoms with Crippen molar-refractivity contribution in [1.82, 2.24) is 9.80 Å². The highest BCUT2D eigenvalue weighted by molar-refractivity contribution is 6.31. The van der Waals surface area contributed by atoms with E-state index in [4.69, 9.17) is 21.1 Å². The molecule has 2 aromatic rings. The van der Waals surface area contributed by atoms with Crippen LogP contribution >= 0.6 is 11.6 Å². The van der Waals surface area contributed by atoms with E-state index in [-0.39, 0.29) is 18.4 Å². The minimum Gasteiger partial charge on any atom is -0.496 e. The summed E-state index contributed by atoms with van der Waals surface area (Å²) in [5, 5.41) is 3.59. The maximum absolute atomic E-state index is 13.9. The topological polar surface area (TPSA) is 71.1 Å². The zero-order chi connectivity index (χ0) is 22.3. The summed E-state index contributed by atoms with van der Waals surface area (Å²) in [6.07, 6.45) is 0. The second-order valence-electron chi connectivity index (χ2n) is 8.03. The van der Waals surface area contributed by atoms with Gasteiger partial charge in [-0.1, -0.05) is 29.8 Å². The molecule has 1 fully saturated rings. The monoisotopic (exact) mass is 443 g/mol. The van der Waals surface area contributed by atoms with Gasteiger partial charge in [0.15, 0.2) is 5.54 Å². The van der Waals surface area contributed by atoms with E-state index >= 15 is 0 Å². The second-order valence-corrected chi connectivity index (χ2v) is 8.44. The number of amides is 2. The summed E-state index contributed by atoms with van der Waals surface area (Å²) >= 11 is 6.53. The smallest absolute Gasteiger partial charge is 0.254 e. The molecule has 0 bridgehead atoms. The lowest BCUT2D eigenvalue weighted by Gasteiger charge is -2.46. The van der Waals surface area contributed by atoms with Crippen molar-refractivity contribution in [3.8, 4) is 5.75 Å². The predicted molar refractivity (Wildman–Crippen MR) is 119 cm³/mol. The quantitative estimate of drug-likeness (QED) is 0.786. The molecular formula is C23H26ClN3O4. The van der Waals surface area contributed by atoms with Crippen molar-refractivity contribution in [2.24, 2.45) is 0 Å². The number of ether oxygens (including phenoxy) is 2. The lowest BCUT2D eigenvalue weighted by molar-refractivity contribution is -0.149. The van der Waals surface area contributed by atoms with Crippen LogP contribution in [0.15, 0.2) is 36.4 Å². The largest absolute Gasteiger partial charge is 0.496 e. The molecule has 0 radical (unpaired) electrons. The van der Waals surface area contributed by atoms with Crippen molar-refractivity contribution in [2.45, 2.75) is 18.5 Å². The first-order chi connectivity index (χ1) is 14.8. The number of hydrogen-bond donors (Lipinski definition) is 1. The Morgan fingerprint density at radius 2 is 2.03 bits per heavy atom. The number of nitrogens with one attached hydrogen (secondary N) is 1. The average Bonchev–Trinajstić information content (AvgIpc) is 3.04. The normalized spacial score (nSPS) is 23.3. The van der Waals surface area contributed by atoms with Crippen molar-refractivity contribution >= 4 is 29.1 Å². The number of carbonyl (C=O) groups excluding carboxylic acids is 2. The Morgan fingerprint density at radius 3 is 2.74 bits per heavy atom. The highest BCUT2D eigenvalue weighted by Crippen LogP contribution is 2.50. The van der Waals surface area contributed by atoms with Gasteiger partial charge >= 0.3 is 0 Å². The highest BCUT2D eigenvalue weighted by atomic mass is 35.5. The molecule has 0 aromatic heterocycles. The average molecular weight is 444 g/mol. The summed E-state index contributed by atoms with van der Waals surface area (Å²) in [7, 11) is 4.98. The number of morpholine rings is 1. The maximum Gasteiger partial charge on any atom is 0.254 e. The molecule has 2 amide bonds. The molecule has 0 saturated carbocycles. The van der Waals surface area contributed by atoms with Crippen molar-refractivity contribution in [3.63, 3.8) is 0 Å². The lowest BCUT2D eigenvalue weighted by Crippen LogP contribution is -2.63. The molecule has 7 nitrogen and oxygen atoms in total. The number of benzene rings is 2. The van der Waals surface area contributed by atoms with Gasteiger partial charge in [-0.3, -0.25) is 14.5 Å². The third-order valence-corrected chi connectivity index (χ3v) is 6.45. The van der Waals surface area contributed by atoms with E-state index in [0.29, 0.717) is 40.7 Å². The molecular weight excluding hydrogens is 418 g/mol. The van der Waals surface area contributed by atoms with E-state index in [9.17, 15) is 9.59 Å². The minimum atomic E-state index is -1.29. The molecule has 1 N–H and O–H groups in total. The van der Waals surface area contributed by atoms with Gasteiger partial charge in [0.1, 0.15) is 11.8 Å². The van der Waals surface area contributed by atoms with Gasteiger partial charge in [-0.15, -0.1) is 0 Å². The zero-order valence-electron chi connectivity index (χ0n) is 18.1. The van der Waals surface area contributed by atoms with Gasteiger partial charge in [0.2, 0.25) is 5.91 Å². The first kappa shape index (κ1) is 21.6. The summed E-state index contributed by atoms with van der Waals surface area (Å²) < 4.78 is 11.3. The van der Waals surface area contributed by atoms with E-state index in [1.165, 1.54) is 4.90 Å². The molecule has 2 heterocycles. The Balaban J connectivity index is 2.04. The van der Waals surface area contributed by atoms with Crippen molar-refractivity contribution in [2.75, 3.05) is 46.3 Å². The molecule has 8 heteroatoms. The number of fused-ring (bicyclic) bond motifs is 1. The number of methoxy groups -OCH3 is 1. The highest BCUT2D eigenvalue weighted by Gasteiger charge is 2.57. The van der Waals surface area contributed by atoms with Crippen LogP contribution < -0.4 is 10.1 Å². The molecule has 164 valence electrons. The number of hydrogen-bond acceptors (Lipinski definition) is 5. The predicted octanol–water partition coefficient (Wildman–Crippen LogP) is 2.64. The number of anilines is 1. The molecule has 0 spiro atoms. The van der Waals surface area contributed by atoms with E-state index in [0.717, 1.165) is 5.56 Å². The van der Waals surface area contributed by atoms with Gasteiger partial charge in [0.25, 0.3) is 5.91 Å². The van der Waals surface area contributed by atoms with E-state index in [1.54, 1.807) is 21.2 Å². The number of likely N-dealkylation sites (N-methyl/N-ethyl adjacent to an activating group) is 1. The van der Waals surface area contributed by atoms with E-state index in [1.807, 2.05) is 48.2 Å². The van der Waals surface area contributed by atoms with Crippen LogP contribution in [0, 0.1) is 6.92 Å². The van der Waals surface area contributed by atoms with E-state index in [2.05, 4.69) is 5.32 Å². The maximum atomic E-state index is 13.9. The molecule has 4 rings (SSSR count). The van der Waals surface area contributed by atoms with Crippen LogP contribution in [0.4, 0.5) is 5.69 Å². The SMILES string of the molecule is COc1ccccc1C1(N2CCOC[C@H]2C(=O)N(C)C)C(=O)Nc2cc(C)c(Cl)cc21. The summed E-state index contributed by atoms with van der Waals surface area (Å²) in [5.74, 6) is 0.185. The van der Waals surface area contributed by atoms with Gasteiger partial charge in [0, 0.05) is 42.5 Å². The fourth-order valence-corrected chi connectivity index (χ4v) is 4.74. The number of halogens is 1. The van der Waals surface area contributed by atoms with Crippen molar-refractivity contribution < 1.29 is 19.1 Å². The van der Waals surface area contributed by atoms with Gasteiger partial charge in [0.05, 0.1) is 20.3 Å². The Hall–Kier alpha value is -2.61. The molecule has 31 heavy (non-hydrogen) atoms. The molecule has 2 aliphatic rings. The molecule has 0 aliphatic carbocycles. The third-order valence-electron chi connectivity index (χ3n) is 6.05. The van der Waals surface area contributed by atoms with Crippen LogP contribution in [-0.2, 0) is 19.9 Å². The van der Waals surface area contributed by atoms with Gasteiger partial charge in [-0.05, 0) is 30.7 Å². The van der Waals surface area contributed by atoms with Gasteiger partial charge in [-0.25, -0.2) is 0 Å². The Bertz CT molecular complexity index is 1040. The first-order valence-electron chi connectivity index (χ1n) is 10.1. The molecule has 2 aromatic carbocycles. The fourth-order valence-electron chi connectivity index (χ4n) is 4.58. The summed E-state index contributed by atoms with van der Waals surface area (Å²) in [5.41, 5.74) is 1.61. The van der Waals surface area contributed by atoms with Gasteiger partial charge < -0.3 is 19.7 Å². The number of rotatable bonds is 4. The number of aryl methyl sites for hydroxylation is 1. The summed E-state index contributed by atoms with van der Waals surface area (Å²) in [6.45, 7) is 2.87. The van der Waals surface area contributed by atoms with Crippen LogP contribution in [0.3, 0.4) is 0 Å². The molecule has 1 saturated heterocycles. The fraction of sp³-hybridized carbons (Fsp3) is 0.391. The Morgan fingerprint density at radius 1 is 1.29 bits per heavy atom. The Kier molecular flexibility index (Phi) is 5.68. The van der Waals surface area contributed by atoms with Crippen LogP contribution in [0.25, 0.3) is 0 Å². The van der Waals surface area contributed by atoms with Crippen LogP contribution in [0.2, 0.25) is 5.02 Å². The summed E-state index contributed by atoms with van der Waals surface area (Å²) in [4.78, 5) is 30.5.